The summed E-state index contributed by atoms with van der Waals surface area (Å²) in [5, 5.41) is 7.06. The number of hydrazone groups is 1. The molecule has 2 aromatic rings. The second kappa shape index (κ2) is 8.09. The van der Waals surface area contributed by atoms with Crippen molar-refractivity contribution in [3.05, 3.63) is 57.6 Å². The fourth-order valence-electron chi connectivity index (χ4n) is 1.89. The van der Waals surface area contributed by atoms with Crippen molar-refractivity contribution in [2.75, 3.05) is 21.2 Å². The molecule has 122 valence electrons. The van der Waals surface area contributed by atoms with Crippen molar-refractivity contribution in [1.82, 2.24) is 5.01 Å². The van der Waals surface area contributed by atoms with Crippen LogP contribution in [0.2, 0.25) is 10.0 Å². The number of halogens is 2. The number of benzene rings is 2. The summed E-state index contributed by atoms with van der Waals surface area (Å²) < 4.78 is 11.2. The predicted octanol–water partition coefficient (Wildman–Crippen LogP) is 4.48. The van der Waals surface area contributed by atoms with Gasteiger partial charge in [-0.15, -0.1) is 0 Å². The number of hydrogen-bond acceptors (Lipinski definition) is 4. The summed E-state index contributed by atoms with van der Waals surface area (Å²) in [7, 11) is 5.31. The van der Waals surface area contributed by atoms with E-state index in [0.29, 0.717) is 21.5 Å². The van der Waals surface area contributed by atoms with Crippen molar-refractivity contribution in [1.29, 1.82) is 0 Å². The summed E-state index contributed by atoms with van der Waals surface area (Å²) >= 11 is 12.3. The average molecular weight is 353 g/mol. The molecule has 0 saturated carbocycles. The van der Waals surface area contributed by atoms with E-state index in [1.165, 1.54) is 0 Å². The maximum Gasteiger partial charge on any atom is 0.161 e. The SMILES string of the molecule is COc1cc(/C=N/N(C)C)ccc1OCc1c(Cl)cccc1Cl. The number of hydrogen-bond donors (Lipinski definition) is 0. The van der Waals surface area contributed by atoms with Crippen molar-refractivity contribution in [2.24, 2.45) is 5.10 Å². The van der Waals surface area contributed by atoms with Gasteiger partial charge >= 0.3 is 0 Å². The number of methoxy groups -OCH3 is 1. The van der Waals surface area contributed by atoms with E-state index in [2.05, 4.69) is 5.10 Å². The van der Waals surface area contributed by atoms with E-state index in [1.54, 1.807) is 36.5 Å². The maximum absolute atomic E-state index is 6.15. The normalized spacial score (nSPS) is 10.8. The van der Waals surface area contributed by atoms with Gasteiger partial charge in [-0.2, -0.15) is 5.10 Å². The molecule has 0 radical (unpaired) electrons. The quantitative estimate of drug-likeness (QED) is 0.567. The third kappa shape index (κ3) is 4.78. The zero-order chi connectivity index (χ0) is 16.8. The molecule has 0 aliphatic heterocycles. The van der Waals surface area contributed by atoms with Crippen molar-refractivity contribution in [3.8, 4) is 11.5 Å². The molecule has 0 aliphatic rings. The zero-order valence-corrected chi connectivity index (χ0v) is 14.7. The molecular formula is C17H18Cl2N2O2. The molecule has 0 bridgehead atoms. The van der Waals surface area contributed by atoms with Gasteiger partial charge in [0.25, 0.3) is 0 Å². The highest BCUT2D eigenvalue weighted by Crippen LogP contribution is 2.31. The Morgan fingerprint density at radius 3 is 2.39 bits per heavy atom. The Morgan fingerprint density at radius 1 is 1.09 bits per heavy atom. The predicted molar refractivity (Wildman–Crippen MR) is 95.1 cm³/mol. The van der Waals surface area contributed by atoms with Crippen molar-refractivity contribution in [2.45, 2.75) is 6.61 Å². The minimum atomic E-state index is 0.264. The van der Waals surface area contributed by atoms with Crippen LogP contribution in [0.5, 0.6) is 11.5 Å². The maximum atomic E-state index is 6.15. The van der Waals surface area contributed by atoms with E-state index in [4.69, 9.17) is 32.7 Å². The van der Waals surface area contributed by atoms with Crippen LogP contribution in [0.15, 0.2) is 41.5 Å². The second-order valence-electron chi connectivity index (χ2n) is 4.99. The first-order chi connectivity index (χ1) is 11.0. The minimum absolute atomic E-state index is 0.264. The lowest BCUT2D eigenvalue weighted by Gasteiger charge is -2.13. The Bertz CT molecular complexity index is 683. The molecular weight excluding hydrogens is 335 g/mol. The topological polar surface area (TPSA) is 34.1 Å². The van der Waals surface area contributed by atoms with Crippen LogP contribution in [0.3, 0.4) is 0 Å². The van der Waals surface area contributed by atoms with E-state index in [-0.39, 0.29) is 6.61 Å². The molecule has 0 unspecified atom stereocenters. The summed E-state index contributed by atoms with van der Waals surface area (Å²) in [5.41, 5.74) is 1.66. The van der Waals surface area contributed by atoms with Gasteiger partial charge in [0.05, 0.1) is 13.3 Å². The van der Waals surface area contributed by atoms with Crippen molar-refractivity contribution in [3.63, 3.8) is 0 Å². The Kier molecular flexibility index (Phi) is 6.13. The smallest absolute Gasteiger partial charge is 0.161 e. The average Bonchev–Trinajstić information content (AvgIpc) is 2.53. The highest BCUT2D eigenvalue weighted by atomic mass is 35.5. The highest BCUT2D eigenvalue weighted by Gasteiger charge is 2.09. The van der Waals surface area contributed by atoms with Gasteiger partial charge in [0.15, 0.2) is 11.5 Å². The van der Waals surface area contributed by atoms with Crippen LogP contribution < -0.4 is 9.47 Å². The standard InChI is InChI=1S/C17H18Cl2N2O2/c1-21(2)20-10-12-7-8-16(17(9-12)22-3)23-11-13-14(18)5-4-6-15(13)19/h4-10H,11H2,1-3H3/b20-10+. The summed E-state index contributed by atoms with van der Waals surface area (Å²) in [6, 6.07) is 11.0. The fourth-order valence-corrected chi connectivity index (χ4v) is 2.39. The first-order valence-electron chi connectivity index (χ1n) is 6.96. The van der Waals surface area contributed by atoms with Crippen LogP contribution in [0.25, 0.3) is 0 Å². The van der Waals surface area contributed by atoms with Gasteiger partial charge in [0.1, 0.15) is 6.61 Å². The lowest BCUT2D eigenvalue weighted by atomic mass is 10.2. The lowest BCUT2D eigenvalue weighted by molar-refractivity contribution is 0.284. The Labute approximate surface area is 146 Å². The molecule has 0 heterocycles. The molecule has 0 spiro atoms. The van der Waals surface area contributed by atoms with Crippen LogP contribution in [0, 0.1) is 0 Å². The Morgan fingerprint density at radius 2 is 1.78 bits per heavy atom. The van der Waals surface area contributed by atoms with Crippen LogP contribution in [-0.2, 0) is 6.61 Å². The van der Waals surface area contributed by atoms with Gasteiger partial charge in [0.2, 0.25) is 0 Å². The summed E-state index contributed by atoms with van der Waals surface area (Å²) in [6.07, 6.45) is 1.75. The molecule has 0 aromatic heterocycles. The summed E-state index contributed by atoms with van der Waals surface area (Å²) in [4.78, 5) is 0. The molecule has 0 fully saturated rings. The Hall–Kier alpha value is -1.91. The van der Waals surface area contributed by atoms with Crippen LogP contribution in [0.1, 0.15) is 11.1 Å². The number of nitrogens with zero attached hydrogens (tertiary/aromatic N) is 2. The van der Waals surface area contributed by atoms with Gasteiger partial charge in [-0.3, -0.25) is 0 Å². The van der Waals surface area contributed by atoms with Gasteiger partial charge in [-0.05, 0) is 35.9 Å². The number of rotatable bonds is 6. The minimum Gasteiger partial charge on any atom is -0.493 e. The molecule has 4 nitrogen and oxygen atoms in total. The molecule has 6 heteroatoms. The largest absolute Gasteiger partial charge is 0.493 e. The monoisotopic (exact) mass is 352 g/mol. The molecule has 0 aliphatic carbocycles. The van der Waals surface area contributed by atoms with E-state index in [0.717, 1.165) is 11.1 Å². The third-order valence-electron chi connectivity index (χ3n) is 3.06. The van der Waals surface area contributed by atoms with Crippen LogP contribution in [0.4, 0.5) is 0 Å². The number of ether oxygens (including phenoxy) is 2. The third-order valence-corrected chi connectivity index (χ3v) is 3.77. The van der Waals surface area contributed by atoms with E-state index in [1.807, 2.05) is 32.3 Å². The summed E-state index contributed by atoms with van der Waals surface area (Å²) in [5.74, 6) is 1.24. The van der Waals surface area contributed by atoms with Crippen molar-refractivity contribution < 1.29 is 9.47 Å². The molecule has 2 rings (SSSR count). The molecule has 0 amide bonds. The Balaban J connectivity index is 2.17. The van der Waals surface area contributed by atoms with Crippen LogP contribution in [-0.4, -0.2) is 32.4 Å². The van der Waals surface area contributed by atoms with E-state index < -0.39 is 0 Å². The van der Waals surface area contributed by atoms with Gasteiger partial charge < -0.3 is 14.5 Å². The molecule has 2 aromatic carbocycles. The molecule has 0 saturated heterocycles. The molecule has 0 N–H and O–H groups in total. The first-order valence-corrected chi connectivity index (χ1v) is 7.72. The van der Waals surface area contributed by atoms with Crippen LogP contribution >= 0.6 is 23.2 Å². The zero-order valence-electron chi connectivity index (χ0n) is 13.2. The van der Waals surface area contributed by atoms with Gasteiger partial charge in [0, 0.05) is 29.7 Å². The van der Waals surface area contributed by atoms with Crippen molar-refractivity contribution >= 4 is 29.4 Å². The highest BCUT2D eigenvalue weighted by molar-refractivity contribution is 6.35. The van der Waals surface area contributed by atoms with Gasteiger partial charge in [-0.1, -0.05) is 29.3 Å². The summed E-state index contributed by atoms with van der Waals surface area (Å²) in [6.45, 7) is 0.264. The molecule has 23 heavy (non-hydrogen) atoms. The molecule has 0 atom stereocenters. The van der Waals surface area contributed by atoms with E-state index >= 15 is 0 Å². The lowest BCUT2D eigenvalue weighted by Crippen LogP contribution is -2.02. The van der Waals surface area contributed by atoms with Gasteiger partial charge in [-0.25, -0.2) is 0 Å². The van der Waals surface area contributed by atoms with E-state index in [9.17, 15) is 0 Å². The fraction of sp³-hybridized carbons (Fsp3) is 0.235. The first kappa shape index (κ1) is 17.4. The second-order valence-corrected chi connectivity index (χ2v) is 5.81.